The number of hydrogen-bond acceptors (Lipinski definition) is 5. The van der Waals surface area contributed by atoms with Crippen molar-refractivity contribution in [2.75, 3.05) is 25.5 Å². The molecule has 0 spiro atoms. The number of urea groups is 1. The van der Waals surface area contributed by atoms with E-state index >= 15 is 0 Å². The molecular weight excluding hydrogens is 583 g/mol. The van der Waals surface area contributed by atoms with Gasteiger partial charge in [-0.15, -0.1) is 0 Å². The van der Waals surface area contributed by atoms with Crippen LogP contribution in [0.3, 0.4) is 0 Å². The topological polar surface area (TPSA) is 70.8 Å². The molecule has 43 heavy (non-hydrogen) atoms. The molecule has 4 atom stereocenters. The third-order valence-electron chi connectivity index (χ3n) is 9.65. The number of aromatic nitrogens is 1. The van der Waals surface area contributed by atoms with Crippen LogP contribution in [0.4, 0.5) is 10.5 Å². The van der Waals surface area contributed by atoms with Crippen molar-refractivity contribution >= 4 is 40.5 Å². The first-order valence-corrected chi connectivity index (χ1v) is 16.2. The highest BCUT2D eigenvalue weighted by atomic mass is 35.5. The van der Waals surface area contributed by atoms with Crippen LogP contribution >= 0.6 is 23.2 Å². The van der Waals surface area contributed by atoms with Gasteiger partial charge in [-0.05, 0) is 86.9 Å². The van der Waals surface area contributed by atoms with E-state index in [0.717, 1.165) is 68.6 Å². The van der Waals surface area contributed by atoms with Gasteiger partial charge in [0.25, 0.3) is 0 Å². The minimum atomic E-state index is -0.0157. The fourth-order valence-electron chi connectivity index (χ4n) is 7.19. The molecule has 1 aliphatic carbocycles. The van der Waals surface area contributed by atoms with Crippen LogP contribution in [0.2, 0.25) is 10.0 Å². The summed E-state index contributed by atoms with van der Waals surface area (Å²) in [6.07, 6.45) is 8.12. The van der Waals surface area contributed by atoms with Gasteiger partial charge < -0.3 is 24.4 Å². The molecule has 2 unspecified atom stereocenters. The first-order valence-electron chi connectivity index (χ1n) is 15.5. The Morgan fingerprint density at radius 1 is 1.12 bits per heavy atom. The Morgan fingerprint density at radius 3 is 2.63 bits per heavy atom. The van der Waals surface area contributed by atoms with Crippen LogP contribution in [0.5, 0.6) is 0 Å². The number of halogens is 2. The fourth-order valence-corrected chi connectivity index (χ4v) is 7.77. The molecule has 2 amide bonds. The SMILES string of the molecule is C[C@@H]1CC2C[C@H](OCc3c(-c4c(Cl)cccc4Cl)noc3C3CC3)CC1N2C(=O)Nc1cccc(C2=CCN(C)CC2)c1. The lowest BCUT2D eigenvalue weighted by molar-refractivity contribution is -0.0181. The molecule has 1 saturated carbocycles. The van der Waals surface area contributed by atoms with Crippen molar-refractivity contribution in [3.63, 3.8) is 0 Å². The van der Waals surface area contributed by atoms with Gasteiger partial charge in [-0.2, -0.15) is 0 Å². The molecule has 3 aliphatic heterocycles. The number of anilines is 1. The smallest absolute Gasteiger partial charge is 0.322 e. The van der Waals surface area contributed by atoms with Crippen LogP contribution < -0.4 is 5.32 Å². The zero-order chi connectivity index (χ0) is 29.7. The Balaban J connectivity index is 1.04. The summed E-state index contributed by atoms with van der Waals surface area (Å²) in [5.74, 6) is 1.67. The van der Waals surface area contributed by atoms with Crippen molar-refractivity contribution in [1.29, 1.82) is 0 Å². The standard InChI is InChI=1S/C34H38Cl2N4O3/c1-20-15-25-17-26(42-19-27-32(38-43-33(27)22-9-10-22)31-28(35)7-4-8-29(31)36)18-30(20)40(25)34(41)37-24-6-3-5-23(16-24)21-11-13-39(2)14-12-21/h3-8,11,16,20,22,25-26,30H,9-10,12-15,17-19H2,1-2H3,(H,37,41)/t20-,25?,26+,30?/m1/s1. The molecule has 1 aromatic heterocycles. The molecule has 9 heteroatoms. The van der Waals surface area contributed by atoms with Crippen LogP contribution in [0.25, 0.3) is 16.8 Å². The van der Waals surface area contributed by atoms with Gasteiger partial charge in [0.2, 0.25) is 0 Å². The molecule has 4 aliphatic rings. The fraction of sp³-hybridized carbons (Fsp3) is 0.471. The summed E-state index contributed by atoms with van der Waals surface area (Å²) in [6, 6.07) is 14.0. The van der Waals surface area contributed by atoms with Crippen LogP contribution in [0.15, 0.2) is 53.1 Å². The second-order valence-corrected chi connectivity index (χ2v) is 13.6. The van der Waals surface area contributed by atoms with E-state index in [9.17, 15) is 4.79 Å². The van der Waals surface area contributed by atoms with Crippen molar-refractivity contribution in [2.24, 2.45) is 5.92 Å². The van der Waals surface area contributed by atoms with Gasteiger partial charge in [0.15, 0.2) is 0 Å². The minimum absolute atomic E-state index is 0.0157. The zero-order valence-corrected chi connectivity index (χ0v) is 26.2. The Morgan fingerprint density at radius 2 is 1.91 bits per heavy atom. The molecular formula is C34H38Cl2N4O3. The van der Waals surface area contributed by atoms with Gasteiger partial charge in [-0.1, -0.05) is 59.6 Å². The first kappa shape index (κ1) is 28.9. The Bertz CT molecular complexity index is 1530. The third kappa shape index (κ3) is 5.85. The number of piperidine rings is 1. The zero-order valence-electron chi connectivity index (χ0n) is 24.7. The maximum absolute atomic E-state index is 13.7. The molecule has 3 fully saturated rings. The maximum atomic E-state index is 13.7. The number of amides is 2. The molecule has 2 aromatic carbocycles. The average Bonchev–Trinajstić information content (AvgIpc) is 3.71. The summed E-state index contributed by atoms with van der Waals surface area (Å²) >= 11 is 13.1. The number of carbonyl (C=O) groups is 1. The Labute approximate surface area is 263 Å². The number of fused-ring (bicyclic) bond motifs is 2. The number of hydrogen-bond donors (Lipinski definition) is 1. The Hall–Kier alpha value is -2.84. The minimum Gasteiger partial charge on any atom is -0.373 e. The average molecular weight is 622 g/mol. The number of nitrogens with zero attached hydrogens (tertiary/aromatic N) is 3. The van der Waals surface area contributed by atoms with Crippen molar-refractivity contribution < 1.29 is 14.1 Å². The summed E-state index contributed by atoms with van der Waals surface area (Å²) in [5, 5.41) is 8.72. The number of ether oxygens (including phenoxy) is 1. The van der Waals surface area contributed by atoms with Crippen molar-refractivity contribution in [1.82, 2.24) is 15.0 Å². The highest BCUT2D eigenvalue weighted by Gasteiger charge is 2.48. The van der Waals surface area contributed by atoms with E-state index in [2.05, 4.69) is 52.5 Å². The van der Waals surface area contributed by atoms with E-state index in [1.165, 1.54) is 11.1 Å². The molecule has 2 bridgehead atoms. The van der Waals surface area contributed by atoms with Crippen LogP contribution in [0, 0.1) is 5.92 Å². The molecule has 7 rings (SSSR count). The van der Waals surface area contributed by atoms with Crippen molar-refractivity contribution in [2.45, 2.75) is 76.2 Å². The van der Waals surface area contributed by atoms with Gasteiger partial charge >= 0.3 is 6.03 Å². The highest BCUT2D eigenvalue weighted by Crippen LogP contribution is 2.47. The summed E-state index contributed by atoms with van der Waals surface area (Å²) in [5.41, 5.74) is 5.68. The number of carbonyl (C=O) groups excluding carboxylic acids is 1. The van der Waals surface area contributed by atoms with Gasteiger partial charge in [-0.25, -0.2) is 4.79 Å². The van der Waals surface area contributed by atoms with Crippen molar-refractivity contribution in [3.05, 3.63) is 75.5 Å². The molecule has 7 nitrogen and oxygen atoms in total. The molecule has 0 radical (unpaired) electrons. The monoisotopic (exact) mass is 620 g/mol. The molecule has 3 aromatic rings. The van der Waals surface area contributed by atoms with Gasteiger partial charge in [-0.3, -0.25) is 0 Å². The molecule has 2 saturated heterocycles. The highest BCUT2D eigenvalue weighted by molar-refractivity contribution is 6.39. The summed E-state index contributed by atoms with van der Waals surface area (Å²) in [4.78, 5) is 18.0. The predicted octanol–water partition coefficient (Wildman–Crippen LogP) is 8.23. The largest absolute Gasteiger partial charge is 0.373 e. The van der Waals surface area contributed by atoms with Crippen LogP contribution in [0.1, 0.15) is 68.3 Å². The van der Waals surface area contributed by atoms with E-state index in [4.69, 9.17) is 32.5 Å². The van der Waals surface area contributed by atoms with E-state index in [0.29, 0.717) is 39.7 Å². The van der Waals surface area contributed by atoms with E-state index in [-0.39, 0.29) is 24.2 Å². The third-order valence-corrected chi connectivity index (χ3v) is 10.3. The summed E-state index contributed by atoms with van der Waals surface area (Å²) in [7, 11) is 2.14. The lowest BCUT2D eigenvalue weighted by atomic mass is 9.97. The van der Waals surface area contributed by atoms with E-state index < -0.39 is 0 Å². The quantitative estimate of drug-likeness (QED) is 0.288. The first-order chi connectivity index (χ1) is 20.9. The predicted molar refractivity (Wildman–Crippen MR) is 170 cm³/mol. The van der Waals surface area contributed by atoms with Gasteiger partial charge in [0, 0.05) is 47.9 Å². The second-order valence-electron chi connectivity index (χ2n) is 12.7. The summed E-state index contributed by atoms with van der Waals surface area (Å²) in [6.45, 7) is 4.64. The number of benzene rings is 2. The van der Waals surface area contributed by atoms with Crippen LogP contribution in [-0.4, -0.2) is 59.3 Å². The van der Waals surface area contributed by atoms with Crippen molar-refractivity contribution in [3.8, 4) is 11.3 Å². The van der Waals surface area contributed by atoms with Crippen LogP contribution in [-0.2, 0) is 11.3 Å². The Kier molecular flexibility index (Phi) is 8.01. The molecule has 1 N–H and O–H groups in total. The molecule has 4 heterocycles. The number of nitrogens with one attached hydrogen (secondary N) is 1. The number of likely N-dealkylation sites (N-methyl/N-ethyl adjacent to an activating group) is 1. The van der Waals surface area contributed by atoms with E-state index in [1.807, 2.05) is 30.3 Å². The summed E-state index contributed by atoms with van der Waals surface area (Å²) < 4.78 is 12.4. The second kappa shape index (κ2) is 11.9. The lowest BCUT2D eigenvalue weighted by Crippen LogP contribution is -2.51. The van der Waals surface area contributed by atoms with E-state index in [1.54, 1.807) is 0 Å². The normalized spacial score (nSPS) is 25.6. The number of rotatable bonds is 7. The lowest BCUT2D eigenvalue weighted by Gasteiger charge is -2.39. The maximum Gasteiger partial charge on any atom is 0.322 e. The van der Waals surface area contributed by atoms with Gasteiger partial charge in [0.1, 0.15) is 11.5 Å². The van der Waals surface area contributed by atoms with Gasteiger partial charge in [0.05, 0.1) is 22.8 Å². The molecule has 226 valence electrons.